The molecule has 0 aliphatic heterocycles. The van der Waals surface area contributed by atoms with Gasteiger partial charge in [0.2, 0.25) is 5.91 Å². The number of nitrogens with one attached hydrogen (secondary N) is 1. The van der Waals surface area contributed by atoms with E-state index in [1.54, 1.807) is 30.0 Å². The lowest BCUT2D eigenvalue weighted by Crippen LogP contribution is -2.34. The number of alkyl halides is 2. The predicted octanol–water partition coefficient (Wildman–Crippen LogP) is 4.44. The number of rotatable bonds is 6. The van der Waals surface area contributed by atoms with Crippen molar-refractivity contribution in [1.82, 2.24) is 5.32 Å². The molecule has 0 spiro atoms. The molecule has 1 aromatic heterocycles. The maximum Gasteiger partial charge on any atom is 0.229 e. The van der Waals surface area contributed by atoms with Crippen LogP contribution in [0, 0.1) is 5.41 Å². The highest BCUT2D eigenvalue weighted by atomic mass is 79.9. The Morgan fingerprint density at radius 1 is 1.58 bits per heavy atom. The van der Waals surface area contributed by atoms with Gasteiger partial charge in [0.05, 0.1) is 9.20 Å². The van der Waals surface area contributed by atoms with Crippen molar-refractivity contribution in [2.24, 2.45) is 5.41 Å². The van der Waals surface area contributed by atoms with Crippen LogP contribution in [0.3, 0.4) is 0 Å². The second kappa shape index (κ2) is 6.14. The SMILES string of the molecule is CC1(C(=O)NCCSCc2ccc(Br)s2)CC1(Cl)Cl. The Hall–Kier alpha value is 0.580. The molecule has 1 aliphatic carbocycles. The van der Waals surface area contributed by atoms with Crippen LogP contribution in [0.4, 0.5) is 0 Å². The lowest BCUT2D eigenvalue weighted by molar-refractivity contribution is -0.125. The number of thioether (sulfide) groups is 1. The van der Waals surface area contributed by atoms with Crippen LogP contribution in [-0.2, 0) is 10.5 Å². The molecular formula is C12H14BrCl2NOS2. The molecule has 7 heteroatoms. The summed E-state index contributed by atoms with van der Waals surface area (Å²) in [6.07, 6.45) is 0.533. The van der Waals surface area contributed by atoms with E-state index in [1.165, 1.54) is 4.88 Å². The van der Waals surface area contributed by atoms with Crippen molar-refractivity contribution in [3.63, 3.8) is 0 Å². The highest BCUT2D eigenvalue weighted by molar-refractivity contribution is 9.11. The smallest absolute Gasteiger partial charge is 0.229 e. The third-order valence-electron chi connectivity index (χ3n) is 3.16. The van der Waals surface area contributed by atoms with Gasteiger partial charge in [0.15, 0.2) is 0 Å². The van der Waals surface area contributed by atoms with Crippen LogP contribution in [0.1, 0.15) is 18.2 Å². The van der Waals surface area contributed by atoms with Crippen molar-refractivity contribution in [2.45, 2.75) is 23.4 Å². The number of thiophene rings is 1. The van der Waals surface area contributed by atoms with Crippen molar-refractivity contribution in [3.8, 4) is 0 Å². The number of hydrogen-bond acceptors (Lipinski definition) is 3. The van der Waals surface area contributed by atoms with Crippen LogP contribution in [0.25, 0.3) is 0 Å². The van der Waals surface area contributed by atoms with Gasteiger partial charge in [0.25, 0.3) is 0 Å². The number of amides is 1. The van der Waals surface area contributed by atoms with Crippen molar-refractivity contribution in [1.29, 1.82) is 0 Å². The molecule has 0 aromatic carbocycles. The number of carbonyl (C=O) groups is 1. The van der Waals surface area contributed by atoms with Gasteiger partial charge in [0.1, 0.15) is 4.33 Å². The van der Waals surface area contributed by atoms with Gasteiger partial charge in [-0.25, -0.2) is 0 Å². The van der Waals surface area contributed by atoms with E-state index in [2.05, 4.69) is 33.4 Å². The second-order valence-electron chi connectivity index (χ2n) is 4.73. The molecule has 1 fully saturated rings. The third-order valence-corrected chi connectivity index (χ3v) is 7.08. The monoisotopic (exact) mass is 401 g/mol. The highest BCUT2D eigenvalue weighted by Gasteiger charge is 2.67. The molecule has 1 heterocycles. The second-order valence-corrected chi connectivity index (χ2v) is 9.86. The molecule has 0 saturated heterocycles. The van der Waals surface area contributed by atoms with E-state index in [4.69, 9.17) is 23.2 Å². The van der Waals surface area contributed by atoms with E-state index < -0.39 is 9.75 Å². The Labute approximate surface area is 139 Å². The first kappa shape index (κ1) is 16.0. The zero-order valence-corrected chi connectivity index (χ0v) is 15.1. The average Bonchev–Trinajstić information content (AvgIpc) is 2.68. The van der Waals surface area contributed by atoms with Gasteiger partial charge in [-0.05, 0) is 41.4 Å². The molecule has 1 N–H and O–H groups in total. The van der Waals surface area contributed by atoms with Gasteiger partial charge in [-0.3, -0.25) is 4.79 Å². The summed E-state index contributed by atoms with van der Waals surface area (Å²) in [5, 5.41) is 2.90. The summed E-state index contributed by atoms with van der Waals surface area (Å²) in [4.78, 5) is 13.2. The van der Waals surface area contributed by atoms with E-state index in [0.29, 0.717) is 13.0 Å². The minimum absolute atomic E-state index is 0.0445. The largest absolute Gasteiger partial charge is 0.355 e. The minimum atomic E-state index is -0.881. The van der Waals surface area contributed by atoms with Gasteiger partial charge in [0, 0.05) is 22.9 Å². The molecule has 19 heavy (non-hydrogen) atoms. The number of hydrogen-bond donors (Lipinski definition) is 1. The summed E-state index contributed by atoms with van der Waals surface area (Å²) in [5.41, 5.74) is -0.612. The number of halogens is 3. The standard InChI is InChI=1S/C12H14BrCl2NOS2/c1-11(7-12(11,14)15)10(17)16-4-5-18-6-8-2-3-9(13)19-8/h2-3H,4-7H2,1H3,(H,16,17). The fourth-order valence-corrected chi connectivity index (χ4v) is 4.84. The summed E-state index contributed by atoms with van der Waals surface area (Å²) in [6.45, 7) is 2.45. The maximum atomic E-state index is 11.9. The van der Waals surface area contributed by atoms with Crippen molar-refractivity contribution in [2.75, 3.05) is 12.3 Å². The molecule has 0 bridgehead atoms. The molecule has 0 radical (unpaired) electrons. The Balaban J connectivity index is 1.61. The Bertz CT molecular complexity index is 480. The maximum absolute atomic E-state index is 11.9. The normalized spacial score (nSPS) is 24.2. The van der Waals surface area contributed by atoms with E-state index in [0.717, 1.165) is 15.3 Å². The van der Waals surface area contributed by atoms with Crippen LogP contribution in [-0.4, -0.2) is 22.5 Å². The van der Waals surface area contributed by atoms with Crippen LogP contribution in [0.15, 0.2) is 15.9 Å². The average molecular weight is 403 g/mol. The fourth-order valence-electron chi connectivity index (χ4n) is 1.68. The van der Waals surface area contributed by atoms with E-state index in [1.807, 2.05) is 0 Å². The number of carbonyl (C=O) groups excluding carboxylic acids is 1. The van der Waals surface area contributed by atoms with Crippen LogP contribution in [0.5, 0.6) is 0 Å². The summed E-state index contributed by atoms with van der Waals surface area (Å²) in [5.74, 6) is 1.81. The topological polar surface area (TPSA) is 29.1 Å². The van der Waals surface area contributed by atoms with Crippen molar-refractivity contribution in [3.05, 3.63) is 20.8 Å². The van der Waals surface area contributed by atoms with Gasteiger partial charge in [-0.1, -0.05) is 0 Å². The molecule has 1 saturated carbocycles. The Kier molecular flexibility index (Phi) is 5.16. The van der Waals surface area contributed by atoms with Crippen LogP contribution >= 0.6 is 62.2 Å². The first-order valence-corrected chi connectivity index (χ1v) is 9.35. The van der Waals surface area contributed by atoms with Crippen LogP contribution in [0.2, 0.25) is 0 Å². The zero-order chi connectivity index (χ0) is 14.1. The molecule has 2 rings (SSSR count). The summed E-state index contributed by atoms with van der Waals surface area (Å²) in [6, 6.07) is 4.16. The molecule has 1 unspecified atom stereocenters. The summed E-state index contributed by atoms with van der Waals surface area (Å²) >= 11 is 18.9. The molecule has 1 atom stereocenters. The lowest BCUT2D eigenvalue weighted by atomic mass is 10.1. The lowest BCUT2D eigenvalue weighted by Gasteiger charge is -2.12. The van der Waals surface area contributed by atoms with Crippen molar-refractivity contribution >= 4 is 68.1 Å². The van der Waals surface area contributed by atoms with E-state index in [-0.39, 0.29) is 5.91 Å². The molecular weight excluding hydrogens is 389 g/mol. The van der Waals surface area contributed by atoms with E-state index >= 15 is 0 Å². The van der Waals surface area contributed by atoms with Gasteiger partial charge >= 0.3 is 0 Å². The Morgan fingerprint density at radius 2 is 2.26 bits per heavy atom. The molecule has 1 amide bonds. The molecule has 2 nitrogen and oxygen atoms in total. The third kappa shape index (κ3) is 3.82. The molecule has 106 valence electrons. The first-order valence-electron chi connectivity index (χ1n) is 5.83. The molecule has 1 aliphatic rings. The minimum Gasteiger partial charge on any atom is -0.355 e. The van der Waals surface area contributed by atoms with Gasteiger partial charge in [-0.15, -0.1) is 34.5 Å². The van der Waals surface area contributed by atoms with Crippen LogP contribution < -0.4 is 5.32 Å². The summed E-state index contributed by atoms with van der Waals surface area (Å²) < 4.78 is 0.270. The Morgan fingerprint density at radius 3 is 2.79 bits per heavy atom. The first-order chi connectivity index (χ1) is 8.85. The molecule has 1 aromatic rings. The van der Waals surface area contributed by atoms with E-state index in [9.17, 15) is 4.79 Å². The highest BCUT2D eigenvalue weighted by Crippen LogP contribution is 2.63. The predicted molar refractivity (Wildman–Crippen MR) is 88.4 cm³/mol. The quantitative estimate of drug-likeness (QED) is 0.562. The van der Waals surface area contributed by atoms with Gasteiger partial charge in [-0.2, -0.15) is 11.8 Å². The fraction of sp³-hybridized carbons (Fsp3) is 0.583. The zero-order valence-electron chi connectivity index (χ0n) is 10.3. The summed E-state index contributed by atoms with van der Waals surface area (Å²) in [7, 11) is 0. The van der Waals surface area contributed by atoms with Gasteiger partial charge < -0.3 is 5.32 Å². The van der Waals surface area contributed by atoms with Crippen molar-refractivity contribution < 1.29 is 4.79 Å².